The van der Waals surface area contributed by atoms with Crippen LogP contribution >= 0.6 is 0 Å². The van der Waals surface area contributed by atoms with Crippen molar-refractivity contribution in [1.82, 2.24) is 15.5 Å². The summed E-state index contributed by atoms with van der Waals surface area (Å²) in [5.41, 5.74) is 5.76. The Kier molecular flexibility index (Phi) is 4.54. The van der Waals surface area contributed by atoms with E-state index in [1.54, 1.807) is 0 Å². The van der Waals surface area contributed by atoms with E-state index in [0.717, 1.165) is 45.2 Å². The molecule has 1 heterocycles. The third-order valence-corrected chi connectivity index (χ3v) is 3.62. The molecule has 2 aliphatic rings. The van der Waals surface area contributed by atoms with Gasteiger partial charge >= 0.3 is 6.03 Å². The summed E-state index contributed by atoms with van der Waals surface area (Å²) >= 11 is 0. The van der Waals surface area contributed by atoms with Crippen molar-refractivity contribution in [3.8, 4) is 0 Å². The molecule has 1 aliphatic heterocycles. The Labute approximate surface area is 107 Å². The van der Waals surface area contributed by atoms with Crippen LogP contribution in [0.3, 0.4) is 0 Å². The van der Waals surface area contributed by atoms with Crippen LogP contribution in [-0.2, 0) is 4.79 Å². The highest BCUT2D eigenvalue weighted by molar-refractivity contribution is 5.95. The van der Waals surface area contributed by atoms with Crippen molar-refractivity contribution in [2.45, 2.75) is 44.2 Å². The third-order valence-electron chi connectivity index (χ3n) is 3.62. The van der Waals surface area contributed by atoms with Crippen molar-refractivity contribution in [1.29, 1.82) is 0 Å². The number of carbonyl (C=O) groups is 2. The zero-order chi connectivity index (χ0) is 13.0. The first-order chi connectivity index (χ1) is 8.63. The largest absolute Gasteiger partial charge is 0.335 e. The van der Waals surface area contributed by atoms with Gasteiger partial charge in [0.15, 0.2) is 0 Å². The topological polar surface area (TPSA) is 87.5 Å². The minimum atomic E-state index is -0.365. The molecule has 4 N–H and O–H groups in total. The second-order valence-corrected chi connectivity index (χ2v) is 5.29. The van der Waals surface area contributed by atoms with Crippen LogP contribution in [0.15, 0.2) is 0 Å². The fourth-order valence-electron chi connectivity index (χ4n) is 2.67. The Morgan fingerprint density at radius 1 is 1.22 bits per heavy atom. The molecule has 0 aromatic rings. The van der Waals surface area contributed by atoms with E-state index >= 15 is 0 Å². The number of urea groups is 1. The van der Waals surface area contributed by atoms with E-state index in [1.165, 1.54) is 0 Å². The molecular formula is C12H22N4O2. The standard InChI is InChI=1S/C12H22N4O2/c13-9-5-6-16(7-9)8-11(17)15-12(18)14-10-3-1-2-4-10/h9-10H,1-8,13H2,(H2,14,15,17,18)/t9-/m0/s1. The van der Waals surface area contributed by atoms with Crippen molar-refractivity contribution in [3.63, 3.8) is 0 Å². The Balaban J connectivity index is 1.65. The quantitative estimate of drug-likeness (QED) is 0.650. The second kappa shape index (κ2) is 6.15. The number of hydrogen-bond acceptors (Lipinski definition) is 4. The van der Waals surface area contributed by atoms with Crippen molar-refractivity contribution in [3.05, 3.63) is 0 Å². The number of amides is 3. The summed E-state index contributed by atoms with van der Waals surface area (Å²) in [6.45, 7) is 1.82. The van der Waals surface area contributed by atoms with Gasteiger partial charge < -0.3 is 11.1 Å². The summed E-state index contributed by atoms with van der Waals surface area (Å²) in [5.74, 6) is -0.250. The number of imide groups is 1. The SMILES string of the molecule is N[C@H]1CCN(CC(=O)NC(=O)NC2CCCC2)C1. The minimum absolute atomic E-state index is 0.158. The molecule has 102 valence electrons. The van der Waals surface area contributed by atoms with Crippen LogP contribution in [0.5, 0.6) is 0 Å². The summed E-state index contributed by atoms with van der Waals surface area (Å²) in [6, 6.07) is 0.0264. The molecule has 0 spiro atoms. The summed E-state index contributed by atoms with van der Waals surface area (Å²) in [4.78, 5) is 25.2. The monoisotopic (exact) mass is 254 g/mol. The van der Waals surface area contributed by atoms with Gasteiger partial charge in [-0.1, -0.05) is 12.8 Å². The van der Waals surface area contributed by atoms with E-state index in [1.807, 2.05) is 4.90 Å². The normalized spacial score (nSPS) is 25.3. The smallest absolute Gasteiger partial charge is 0.321 e. The van der Waals surface area contributed by atoms with Crippen LogP contribution in [-0.4, -0.2) is 48.6 Å². The first kappa shape index (κ1) is 13.3. The maximum Gasteiger partial charge on any atom is 0.321 e. The second-order valence-electron chi connectivity index (χ2n) is 5.29. The Bertz CT molecular complexity index is 315. The van der Waals surface area contributed by atoms with Gasteiger partial charge in [0.1, 0.15) is 0 Å². The molecule has 0 aromatic heterocycles. The molecule has 0 radical (unpaired) electrons. The zero-order valence-corrected chi connectivity index (χ0v) is 10.7. The van der Waals surface area contributed by atoms with Crippen LogP contribution in [0.25, 0.3) is 0 Å². The predicted molar refractivity (Wildman–Crippen MR) is 68.0 cm³/mol. The van der Waals surface area contributed by atoms with Crippen LogP contribution < -0.4 is 16.4 Å². The number of nitrogens with zero attached hydrogens (tertiary/aromatic N) is 1. The lowest BCUT2D eigenvalue weighted by Crippen LogP contribution is -2.47. The zero-order valence-electron chi connectivity index (χ0n) is 10.7. The van der Waals surface area contributed by atoms with Crippen LogP contribution in [0.4, 0.5) is 4.79 Å². The predicted octanol–water partition coefficient (Wildman–Crippen LogP) is -0.212. The van der Waals surface area contributed by atoms with Gasteiger partial charge in [-0.05, 0) is 19.3 Å². The average Bonchev–Trinajstić information content (AvgIpc) is 2.90. The summed E-state index contributed by atoms with van der Waals surface area (Å²) in [7, 11) is 0. The summed E-state index contributed by atoms with van der Waals surface area (Å²) in [6.07, 6.45) is 5.27. The van der Waals surface area contributed by atoms with E-state index in [0.29, 0.717) is 0 Å². The fourth-order valence-corrected chi connectivity index (χ4v) is 2.67. The van der Waals surface area contributed by atoms with Crippen LogP contribution in [0, 0.1) is 0 Å². The molecule has 0 unspecified atom stereocenters. The molecular weight excluding hydrogens is 232 g/mol. The van der Waals surface area contributed by atoms with Crippen molar-refractivity contribution >= 4 is 11.9 Å². The van der Waals surface area contributed by atoms with Gasteiger partial charge in [0.05, 0.1) is 6.54 Å². The molecule has 1 aliphatic carbocycles. The molecule has 0 bridgehead atoms. The van der Waals surface area contributed by atoms with Crippen molar-refractivity contribution < 1.29 is 9.59 Å². The maximum atomic E-state index is 11.6. The minimum Gasteiger partial charge on any atom is -0.335 e. The van der Waals surface area contributed by atoms with Gasteiger partial charge in [0.25, 0.3) is 0 Å². The Hall–Kier alpha value is -1.14. The lowest BCUT2D eigenvalue weighted by Gasteiger charge is -2.16. The number of likely N-dealkylation sites (tertiary alicyclic amines) is 1. The molecule has 3 amide bonds. The Morgan fingerprint density at radius 3 is 2.56 bits per heavy atom. The molecule has 2 rings (SSSR count). The van der Waals surface area contributed by atoms with Crippen molar-refractivity contribution in [2.75, 3.05) is 19.6 Å². The molecule has 2 fully saturated rings. The highest BCUT2D eigenvalue weighted by Crippen LogP contribution is 2.17. The van der Waals surface area contributed by atoms with Crippen LogP contribution in [0.1, 0.15) is 32.1 Å². The Morgan fingerprint density at radius 2 is 1.94 bits per heavy atom. The van der Waals surface area contributed by atoms with Gasteiger partial charge in [-0.25, -0.2) is 4.79 Å². The average molecular weight is 254 g/mol. The lowest BCUT2D eigenvalue weighted by molar-refractivity contribution is -0.120. The maximum absolute atomic E-state index is 11.6. The van der Waals surface area contributed by atoms with Gasteiger partial charge in [0, 0.05) is 25.2 Å². The molecule has 1 saturated heterocycles. The molecule has 6 heteroatoms. The number of nitrogens with two attached hydrogens (primary N) is 1. The van der Waals surface area contributed by atoms with Gasteiger partial charge in [-0.2, -0.15) is 0 Å². The lowest BCUT2D eigenvalue weighted by atomic mass is 10.2. The number of nitrogens with one attached hydrogen (secondary N) is 2. The number of hydrogen-bond donors (Lipinski definition) is 3. The molecule has 0 aromatic carbocycles. The molecule has 6 nitrogen and oxygen atoms in total. The van der Waals surface area contributed by atoms with Crippen LogP contribution in [0.2, 0.25) is 0 Å². The highest BCUT2D eigenvalue weighted by atomic mass is 16.2. The third kappa shape index (κ3) is 3.96. The van der Waals surface area contributed by atoms with Gasteiger partial charge in [0.2, 0.25) is 5.91 Å². The molecule has 18 heavy (non-hydrogen) atoms. The van der Waals surface area contributed by atoms with Gasteiger partial charge in [-0.3, -0.25) is 15.0 Å². The summed E-state index contributed by atoms with van der Waals surface area (Å²) < 4.78 is 0. The first-order valence-corrected chi connectivity index (χ1v) is 6.72. The number of rotatable bonds is 3. The fraction of sp³-hybridized carbons (Fsp3) is 0.833. The van der Waals surface area contributed by atoms with Gasteiger partial charge in [-0.15, -0.1) is 0 Å². The van der Waals surface area contributed by atoms with Crippen molar-refractivity contribution in [2.24, 2.45) is 5.73 Å². The van der Waals surface area contributed by atoms with E-state index in [2.05, 4.69) is 10.6 Å². The number of carbonyl (C=O) groups excluding carboxylic acids is 2. The van der Waals surface area contributed by atoms with E-state index < -0.39 is 0 Å². The van der Waals surface area contributed by atoms with E-state index in [-0.39, 0.29) is 30.6 Å². The van der Waals surface area contributed by atoms with E-state index in [9.17, 15) is 9.59 Å². The summed E-state index contributed by atoms with van der Waals surface area (Å²) in [5, 5.41) is 5.21. The molecule has 1 atom stereocenters. The highest BCUT2D eigenvalue weighted by Gasteiger charge is 2.22. The van der Waals surface area contributed by atoms with E-state index in [4.69, 9.17) is 5.73 Å². The first-order valence-electron chi connectivity index (χ1n) is 6.72. The molecule has 1 saturated carbocycles.